The molecule has 2 aromatic heterocycles. The van der Waals surface area contributed by atoms with E-state index in [-0.39, 0.29) is 17.8 Å². The minimum absolute atomic E-state index is 0.228. The second kappa shape index (κ2) is 6.50. The molecule has 0 bridgehead atoms. The number of carbonyl (C=O) groups is 1. The van der Waals surface area contributed by atoms with Crippen molar-refractivity contribution in [2.45, 2.75) is 39.0 Å². The summed E-state index contributed by atoms with van der Waals surface area (Å²) in [6.45, 7) is 2.03. The number of rotatable bonds is 3. The summed E-state index contributed by atoms with van der Waals surface area (Å²) in [5, 5.41) is 2.31. The lowest BCUT2D eigenvalue weighted by molar-refractivity contribution is -0.137. The molecule has 146 valence electrons. The number of fused-ring (bicyclic) bond motifs is 2. The Labute approximate surface area is 157 Å². The number of halogens is 3. The highest BCUT2D eigenvalue weighted by Crippen LogP contribution is 2.34. The van der Waals surface area contributed by atoms with E-state index >= 15 is 0 Å². The van der Waals surface area contributed by atoms with E-state index < -0.39 is 17.6 Å². The average molecular weight is 390 g/mol. The SMILES string of the molecule is Cc1cc2nc3n(c(=O)c2n1CC(=O)Nc1ccccc1C(F)(F)F)CCC3. The van der Waals surface area contributed by atoms with Crippen LogP contribution < -0.4 is 10.9 Å². The summed E-state index contributed by atoms with van der Waals surface area (Å²) in [5.74, 6) is 0.0698. The fourth-order valence-electron chi connectivity index (χ4n) is 3.61. The third kappa shape index (κ3) is 3.06. The van der Waals surface area contributed by atoms with Crippen molar-refractivity contribution in [2.75, 3.05) is 5.32 Å². The Balaban J connectivity index is 1.67. The van der Waals surface area contributed by atoms with Gasteiger partial charge in [-0.15, -0.1) is 0 Å². The number of aromatic nitrogens is 3. The van der Waals surface area contributed by atoms with Crippen LogP contribution in [0, 0.1) is 6.92 Å². The molecule has 28 heavy (non-hydrogen) atoms. The van der Waals surface area contributed by atoms with Gasteiger partial charge in [0.1, 0.15) is 17.9 Å². The summed E-state index contributed by atoms with van der Waals surface area (Å²) >= 11 is 0. The molecule has 1 aliphatic rings. The Morgan fingerprint density at radius 2 is 2.04 bits per heavy atom. The van der Waals surface area contributed by atoms with E-state index in [9.17, 15) is 22.8 Å². The van der Waals surface area contributed by atoms with E-state index in [1.54, 1.807) is 17.6 Å². The minimum Gasteiger partial charge on any atom is -0.330 e. The van der Waals surface area contributed by atoms with Crippen LogP contribution >= 0.6 is 0 Å². The molecule has 3 aromatic rings. The van der Waals surface area contributed by atoms with Crippen molar-refractivity contribution in [3.8, 4) is 0 Å². The quantitative estimate of drug-likeness (QED) is 0.747. The Hall–Kier alpha value is -3.10. The highest BCUT2D eigenvalue weighted by Gasteiger charge is 2.33. The van der Waals surface area contributed by atoms with Gasteiger partial charge < -0.3 is 9.88 Å². The average Bonchev–Trinajstić information content (AvgIpc) is 3.20. The number of nitrogens with zero attached hydrogens (tertiary/aromatic N) is 3. The third-order valence-electron chi connectivity index (χ3n) is 4.88. The summed E-state index contributed by atoms with van der Waals surface area (Å²) in [4.78, 5) is 29.8. The molecule has 9 heteroatoms. The van der Waals surface area contributed by atoms with E-state index in [0.717, 1.165) is 24.7 Å². The Kier molecular flexibility index (Phi) is 4.24. The molecule has 6 nitrogen and oxygen atoms in total. The smallest absolute Gasteiger partial charge is 0.330 e. The molecule has 4 rings (SSSR count). The number of hydrogen-bond donors (Lipinski definition) is 1. The number of nitrogens with one attached hydrogen (secondary N) is 1. The normalized spacial score (nSPS) is 13.7. The van der Waals surface area contributed by atoms with Gasteiger partial charge in [-0.25, -0.2) is 4.98 Å². The summed E-state index contributed by atoms with van der Waals surface area (Å²) in [6, 6.07) is 6.50. The highest BCUT2D eigenvalue weighted by molar-refractivity contribution is 5.92. The molecule has 0 atom stereocenters. The lowest BCUT2D eigenvalue weighted by atomic mass is 10.1. The van der Waals surface area contributed by atoms with Crippen LogP contribution in [0.5, 0.6) is 0 Å². The zero-order valence-corrected chi connectivity index (χ0v) is 15.0. The number of anilines is 1. The van der Waals surface area contributed by atoms with E-state index in [1.807, 2.05) is 0 Å². The van der Waals surface area contributed by atoms with Crippen molar-refractivity contribution in [3.63, 3.8) is 0 Å². The van der Waals surface area contributed by atoms with Gasteiger partial charge in [0, 0.05) is 18.7 Å². The van der Waals surface area contributed by atoms with Crippen LogP contribution in [-0.4, -0.2) is 20.0 Å². The van der Waals surface area contributed by atoms with Crippen LogP contribution in [0.1, 0.15) is 23.5 Å². The zero-order valence-electron chi connectivity index (χ0n) is 15.0. The maximum Gasteiger partial charge on any atom is 0.418 e. The predicted molar refractivity (Wildman–Crippen MR) is 97.1 cm³/mol. The van der Waals surface area contributed by atoms with Gasteiger partial charge in [0.05, 0.1) is 16.8 Å². The van der Waals surface area contributed by atoms with E-state index in [1.165, 1.54) is 22.8 Å². The fraction of sp³-hybridized carbons (Fsp3) is 0.316. The highest BCUT2D eigenvalue weighted by atomic mass is 19.4. The fourth-order valence-corrected chi connectivity index (χ4v) is 3.61. The molecule has 1 amide bonds. The first-order chi connectivity index (χ1) is 13.3. The first kappa shape index (κ1) is 18.3. The van der Waals surface area contributed by atoms with Crippen LogP contribution in [0.3, 0.4) is 0 Å². The van der Waals surface area contributed by atoms with Crippen LogP contribution in [0.15, 0.2) is 35.1 Å². The van der Waals surface area contributed by atoms with Crippen LogP contribution in [0.4, 0.5) is 18.9 Å². The van der Waals surface area contributed by atoms with Crippen molar-refractivity contribution in [1.29, 1.82) is 0 Å². The van der Waals surface area contributed by atoms with Crippen molar-refractivity contribution in [2.24, 2.45) is 0 Å². The maximum absolute atomic E-state index is 13.1. The minimum atomic E-state index is -4.58. The van der Waals surface area contributed by atoms with Gasteiger partial charge in [-0.2, -0.15) is 13.2 Å². The summed E-state index contributed by atoms with van der Waals surface area (Å²) in [7, 11) is 0. The standard InChI is InChI=1S/C19H17F3N4O2/c1-11-9-14-17(18(28)25-8-4-7-15(25)23-14)26(11)10-16(27)24-13-6-3-2-5-12(13)19(20,21)22/h2-3,5-6,9H,4,7-8,10H2,1H3,(H,24,27). The first-order valence-corrected chi connectivity index (χ1v) is 8.81. The number of amides is 1. The van der Waals surface area contributed by atoms with Gasteiger partial charge in [0.25, 0.3) is 5.56 Å². The second-order valence-electron chi connectivity index (χ2n) is 6.79. The number of carbonyl (C=O) groups excluding carboxylic acids is 1. The molecule has 1 aromatic carbocycles. The summed E-state index contributed by atoms with van der Waals surface area (Å²) in [6.07, 6.45) is -3.02. The molecule has 0 radical (unpaired) electrons. The van der Waals surface area contributed by atoms with Gasteiger partial charge in [0.2, 0.25) is 5.91 Å². The lowest BCUT2D eigenvalue weighted by Gasteiger charge is -2.14. The summed E-state index contributed by atoms with van der Waals surface area (Å²) < 4.78 is 42.5. The van der Waals surface area contributed by atoms with Crippen LogP contribution in [0.25, 0.3) is 11.0 Å². The molecule has 3 heterocycles. The molecule has 0 unspecified atom stereocenters. The van der Waals surface area contributed by atoms with Gasteiger partial charge in [0.15, 0.2) is 0 Å². The molecule has 1 N–H and O–H groups in total. The monoisotopic (exact) mass is 390 g/mol. The molecular formula is C19H17F3N4O2. The first-order valence-electron chi connectivity index (χ1n) is 8.81. The predicted octanol–water partition coefficient (Wildman–Crippen LogP) is 3.11. The Morgan fingerprint density at radius 1 is 1.29 bits per heavy atom. The van der Waals surface area contributed by atoms with E-state index in [0.29, 0.717) is 23.3 Å². The maximum atomic E-state index is 13.1. The number of alkyl halides is 3. The van der Waals surface area contributed by atoms with Gasteiger partial charge in [-0.3, -0.25) is 14.2 Å². The molecule has 1 aliphatic heterocycles. The topological polar surface area (TPSA) is 68.9 Å². The zero-order chi connectivity index (χ0) is 20.1. The number of benzene rings is 1. The molecule has 0 fully saturated rings. The molecule has 0 saturated carbocycles. The van der Waals surface area contributed by atoms with Gasteiger partial charge in [-0.1, -0.05) is 12.1 Å². The van der Waals surface area contributed by atoms with Crippen molar-refractivity contribution >= 4 is 22.6 Å². The number of hydrogen-bond acceptors (Lipinski definition) is 3. The van der Waals surface area contributed by atoms with Crippen molar-refractivity contribution in [1.82, 2.24) is 14.1 Å². The molecule has 0 saturated heterocycles. The Bertz CT molecular complexity index is 1140. The largest absolute Gasteiger partial charge is 0.418 e. The summed E-state index contributed by atoms with van der Waals surface area (Å²) in [5.41, 5.74) is -0.0272. The van der Waals surface area contributed by atoms with Crippen LogP contribution in [-0.2, 0) is 30.5 Å². The molecule has 0 aliphatic carbocycles. The van der Waals surface area contributed by atoms with Crippen molar-refractivity contribution < 1.29 is 18.0 Å². The van der Waals surface area contributed by atoms with Gasteiger partial charge in [-0.05, 0) is 31.5 Å². The Morgan fingerprint density at radius 3 is 2.79 bits per heavy atom. The van der Waals surface area contributed by atoms with Gasteiger partial charge >= 0.3 is 6.18 Å². The molecule has 0 spiro atoms. The third-order valence-corrected chi connectivity index (χ3v) is 4.88. The van der Waals surface area contributed by atoms with E-state index in [4.69, 9.17) is 0 Å². The second-order valence-corrected chi connectivity index (χ2v) is 6.79. The number of para-hydroxylation sites is 1. The van der Waals surface area contributed by atoms with Crippen LogP contribution in [0.2, 0.25) is 0 Å². The van der Waals surface area contributed by atoms with Crippen molar-refractivity contribution in [3.05, 3.63) is 57.8 Å². The lowest BCUT2D eigenvalue weighted by Crippen LogP contribution is -2.26. The number of aryl methyl sites for hydroxylation is 2. The molecular weight excluding hydrogens is 373 g/mol. The van der Waals surface area contributed by atoms with E-state index in [2.05, 4.69) is 10.3 Å².